The fraction of sp³-hybridized carbons (Fsp3) is 0.304. The van der Waals surface area contributed by atoms with Gasteiger partial charge in [0.25, 0.3) is 5.56 Å². The molecule has 1 aliphatic rings. The van der Waals surface area contributed by atoms with E-state index < -0.39 is 0 Å². The van der Waals surface area contributed by atoms with E-state index >= 15 is 0 Å². The summed E-state index contributed by atoms with van der Waals surface area (Å²) >= 11 is 3.09. The standard InChI is InChI=1S/C23H22FN5O2S2/c1-2-11-29-19(12-31-15-9-7-14(24)8-10-15)27-28-23(29)32-13-18-25-21(30)20-16-5-3-4-6-17(16)33-22(20)26-18/h2,7-10H,1,3-6,11-13H2,(H,25,26,30). The molecule has 0 aliphatic heterocycles. The van der Waals surface area contributed by atoms with Gasteiger partial charge in [0, 0.05) is 11.4 Å². The smallest absolute Gasteiger partial charge is 0.259 e. The number of aromatic amines is 1. The number of ether oxygens (including phenoxy) is 1. The summed E-state index contributed by atoms with van der Waals surface area (Å²) in [5, 5.41) is 9.97. The number of halogens is 1. The summed E-state index contributed by atoms with van der Waals surface area (Å²) < 4.78 is 20.7. The van der Waals surface area contributed by atoms with Crippen LogP contribution in [0.1, 0.15) is 34.9 Å². The Morgan fingerprint density at radius 3 is 2.88 bits per heavy atom. The molecule has 0 saturated heterocycles. The SMILES string of the molecule is C=CCn1c(COc2ccc(F)cc2)nnc1SCc1nc2sc3c(c2c(=O)[nH]1)CCCC3. The van der Waals surface area contributed by atoms with Gasteiger partial charge in [0.15, 0.2) is 11.0 Å². The lowest BCUT2D eigenvalue weighted by Crippen LogP contribution is -2.12. The van der Waals surface area contributed by atoms with Gasteiger partial charge in [0.1, 0.15) is 28.8 Å². The molecule has 0 saturated carbocycles. The van der Waals surface area contributed by atoms with Gasteiger partial charge in [-0.25, -0.2) is 9.37 Å². The summed E-state index contributed by atoms with van der Waals surface area (Å²) in [4.78, 5) is 22.6. The third-order valence-electron chi connectivity index (χ3n) is 5.50. The van der Waals surface area contributed by atoms with Crippen LogP contribution in [0, 0.1) is 5.82 Å². The molecule has 0 amide bonds. The number of rotatable bonds is 8. The molecule has 170 valence electrons. The number of H-pyrrole nitrogens is 1. The van der Waals surface area contributed by atoms with Crippen molar-refractivity contribution in [2.24, 2.45) is 0 Å². The first-order valence-electron chi connectivity index (χ1n) is 10.7. The van der Waals surface area contributed by atoms with Gasteiger partial charge < -0.3 is 9.72 Å². The number of benzene rings is 1. The van der Waals surface area contributed by atoms with Crippen LogP contribution in [0.3, 0.4) is 0 Å². The van der Waals surface area contributed by atoms with Crippen LogP contribution in [0.25, 0.3) is 10.2 Å². The van der Waals surface area contributed by atoms with Crippen molar-refractivity contribution in [2.75, 3.05) is 0 Å². The molecule has 0 fully saturated rings. The lowest BCUT2D eigenvalue weighted by Gasteiger charge is -2.10. The van der Waals surface area contributed by atoms with E-state index in [-0.39, 0.29) is 18.0 Å². The van der Waals surface area contributed by atoms with Gasteiger partial charge in [-0.2, -0.15) is 0 Å². The third-order valence-corrected chi connectivity index (χ3v) is 7.66. The Morgan fingerprint density at radius 2 is 2.06 bits per heavy atom. The maximum Gasteiger partial charge on any atom is 0.259 e. The summed E-state index contributed by atoms with van der Waals surface area (Å²) in [6.07, 6.45) is 6.06. The minimum atomic E-state index is -0.316. The van der Waals surface area contributed by atoms with Gasteiger partial charge in [-0.3, -0.25) is 9.36 Å². The molecule has 0 spiro atoms. The van der Waals surface area contributed by atoms with Crippen molar-refractivity contribution in [3.05, 3.63) is 75.2 Å². The third kappa shape index (κ3) is 4.58. The van der Waals surface area contributed by atoms with E-state index in [1.807, 2.05) is 4.57 Å². The topological polar surface area (TPSA) is 85.7 Å². The normalized spacial score (nSPS) is 13.2. The molecule has 0 bridgehead atoms. The number of allylic oxidation sites excluding steroid dienone is 1. The van der Waals surface area contributed by atoms with Crippen LogP contribution < -0.4 is 10.3 Å². The van der Waals surface area contributed by atoms with Crippen molar-refractivity contribution in [1.82, 2.24) is 24.7 Å². The quantitative estimate of drug-likeness (QED) is 0.290. The molecule has 7 nitrogen and oxygen atoms in total. The van der Waals surface area contributed by atoms with Crippen LogP contribution >= 0.6 is 23.1 Å². The predicted molar refractivity (Wildman–Crippen MR) is 127 cm³/mol. The van der Waals surface area contributed by atoms with E-state index in [2.05, 4.69) is 21.8 Å². The number of nitrogens with zero attached hydrogens (tertiary/aromatic N) is 4. The molecule has 1 aromatic carbocycles. The first-order chi connectivity index (χ1) is 16.1. The Labute approximate surface area is 197 Å². The lowest BCUT2D eigenvalue weighted by molar-refractivity contribution is 0.288. The van der Waals surface area contributed by atoms with E-state index in [0.717, 1.165) is 29.5 Å². The zero-order valence-electron chi connectivity index (χ0n) is 17.8. The second-order valence-electron chi connectivity index (χ2n) is 7.73. The highest BCUT2D eigenvalue weighted by atomic mass is 32.2. The Balaban J connectivity index is 1.33. The fourth-order valence-electron chi connectivity index (χ4n) is 3.93. The zero-order valence-corrected chi connectivity index (χ0v) is 19.5. The number of thioether (sulfide) groups is 1. The molecular weight excluding hydrogens is 461 g/mol. The molecule has 1 N–H and O–H groups in total. The maximum absolute atomic E-state index is 13.1. The number of nitrogens with one attached hydrogen (secondary N) is 1. The minimum Gasteiger partial charge on any atom is -0.486 e. The van der Waals surface area contributed by atoms with Crippen molar-refractivity contribution >= 4 is 33.3 Å². The average molecular weight is 484 g/mol. The van der Waals surface area contributed by atoms with Gasteiger partial charge in [-0.05, 0) is 55.5 Å². The van der Waals surface area contributed by atoms with Crippen LogP contribution in [0.2, 0.25) is 0 Å². The first-order valence-corrected chi connectivity index (χ1v) is 12.5. The fourth-order valence-corrected chi connectivity index (χ4v) is 6.05. The predicted octanol–water partition coefficient (Wildman–Crippen LogP) is 4.65. The van der Waals surface area contributed by atoms with E-state index in [0.29, 0.717) is 34.9 Å². The number of hydrogen-bond donors (Lipinski definition) is 1. The molecule has 3 aromatic heterocycles. The summed E-state index contributed by atoms with van der Waals surface area (Å²) in [5.41, 5.74) is 1.13. The molecule has 4 aromatic rings. The van der Waals surface area contributed by atoms with Crippen LogP contribution in [0.15, 0.2) is 46.9 Å². The number of aryl methyl sites for hydroxylation is 2. The Bertz CT molecular complexity index is 1360. The summed E-state index contributed by atoms with van der Waals surface area (Å²) in [6.45, 7) is 4.52. The second-order valence-corrected chi connectivity index (χ2v) is 9.76. The van der Waals surface area contributed by atoms with Crippen LogP contribution in [0.4, 0.5) is 4.39 Å². The Kier molecular flexibility index (Phi) is 6.28. The maximum atomic E-state index is 13.1. The summed E-state index contributed by atoms with van der Waals surface area (Å²) in [6, 6.07) is 5.83. The number of hydrogen-bond acceptors (Lipinski definition) is 7. The van der Waals surface area contributed by atoms with E-state index in [1.54, 1.807) is 29.5 Å². The highest BCUT2D eigenvalue weighted by Crippen LogP contribution is 2.34. The van der Waals surface area contributed by atoms with Gasteiger partial charge >= 0.3 is 0 Å². The molecule has 33 heavy (non-hydrogen) atoms. The van der Waals surface area contributed by atoms with Crippen molar-refractivity contribution in [3.8, 4) is 5.75 Å². The van der Waals surface area contributed by atoms with E-state index in [9.17, 15) is 9.18 Å². The summed E-state index contributed by atoms with van der Waals surface area (Å²) in [7, 11) is 0. The molecule has 1 aliphatic carbocycles. The van der Waals surface area contributed by atoms with Gasteiger partial charge in [0.2, 0.25) is 0 Å². The summed E-state index contributed by atoms with van der Waals surface area (Å²) in [5.74, 6) is 1.94. The minimum absolute atomic E-state index is 0.0593. The zero-order chi connectivity index (χ0) is 22.8. The Morgan fingerprint density at radius 1 is 1.24 bits per heavy atom. The lowest BCUT2D eigenvalue weighted by atomic mass is 9.97. The molecule has 5 rings (SSSR count). The molecule has 3 heterocycles. The van der Waals surface area contributed by atoms with Crippen molar-refractivity contribution in [3.63, 3.8) is 0 Å². The average Bonchev–Trinajstić information content (AvgIpc) is 3.38. The van der Waals surface area contributed by atoms with Crippen LogP contribution in [0.5, 0.6) is 5.75 Å². The van der Waals surface area contributed by atoms with Crippen LogP contribution in [-0.4, -0.2) is 24.7 Å². The highest BCUT2D eigenvalue weighted by molar-refractivity contribution is 7.98. The Hall–Kier alpha value is -2.98. The molecule has 0 atom stereocenters. The van der Waals surface area contributed by atoms with Crippen LogP contribution in [-0.2, 0) is 31.7 Å². The van der Waals surface area contributed by atoms with Gasteiger partial charge in [0.05, 0.1) is 11.1 Å². The van der Waals surface area contributed by atoms with Crippen molar-refractivity contribution in [1.29, 1.82) is 0 Å². The van der Waals surface area contributed by atoms with Crippen molar-refractivity contribution < 1.29 is 9.13 Å². The monoisotopic (exact) mass is 483 g/mol. The van der Waals surface area contributed by atoms with Crippen molar-refractivity contribution in [2.45, 2.75) is 49.7 Å². The van der Waals surface area contributed by atoms with Gasteiger partial charge in [-0.15, -0.1) is 28.1 Å². The number of thiophene rings is 1. The van der Waals surface area contributed by atoms with E-state index in [1.165, 1.54) is 40.8 Å². The molecule has 10 heteroatoms. The largest absolute Gasteiger partial charge is 0.486 e. The molecular formula is C23H22FN5O2S2. The first kappa shape index (κ1) is 21.8. The van der Waals surface area contributed by atoms with Gasteiger partial charge in [-0.1, -0.05) is 17.8 Å². The number of aromatic nitrogens is 5. The second kappa shape index (κ2) is 9.48. The van der Waals surface area contributed by atoms with E-state index in [4.69, 9.17) is 9.72 Å². The molecule has 0 unspecified atom stereocenters. The molecule has 0 radical (unpaired) electrons. The highest BCUT2D eigenvalue weighted by Gasteiger charge is 2.20. The number of fused-ring (bicyclic) bond motifs is 3.